The van der Waals surface area contributed by atoms with Crippen molar-refractivity contribution in [2.24, 2.45) is 5.92 Å². The van der Waals surface area contributed by atoms with Gasteiger partial charge in [-0.05, 0) is 0 Å². The van der Waals surface area contributed by atoms with Crippen LogP contribution in [0.3, 0.4) is 0 Å². The Kier molecular flexibility index (Phi) is 1.53. The molecule has 1 fully saturated rings. The minimum atomic E-state index is -2.35. The van der Waals surface area contributed by atoms with Crippen LogP contribution in [0.2, 0.25) is 12.6 Å². The largest absolute Gasteiger partial charge is 0.249 e. The number of halogens is 2. The molecule has 0 nitrogen and oxygen atoms in total. The molecule has 0 aromatic rings. The van der Waals surface area contributed by atoms with Crippen LogP contribution in [0.4, 0.5) is 8.78 Å². The number of hydrogen-bond acceptors (Lipinski definition) is 0. The number of rotatable bonds is 1. The summed E-state index contributed by atoms with van der Waals surface area (Å²) in [4.78, 5) is 0. The Bertz CT molecular complexity index is 114. The lowest BCUT2D eigenvalue weighted by molar-refractivity contribution is -0.123. The Labute approximate surface area is 54.9 Å². The SMILES string of the molecule is CBC1CC(F)(F)C1C. The highest BCUT2D eigenvalue weighted by atomic mass is 19.3. The quantitative estimate of drug-likeness (QED) is 0.478. The van der Waals surface area contributed by atoms with E-state index in [1.165, 1.54) is 0 Å². The molecule has 0 aliphatic heterocycles. The van der Waals surface area contributed by atoms with E-state index in [0.29, 0.717) is 0 Å². The Morgan fingerprint density at radius 2 is 2.11 bits per heavy atom. The van der Waals surface area contributed by atoms with Gasteiger partial charge in [0.2, 0.25) is 5.92 Å². The molecule has 0 amide bonds. The first-order chi connectivity index (χ1) is 4.08. The van der Waals surface area contributed by atoms with Crippen LogP contribution in [-0.4, -0.2) is 13.2 Å². The summed E-state index contributed by atoms with van der Waals surface area (Å²) in [7, 11) is 0.900. The van der Waals surface area contributed by atoms with Crippen molar-refractivity contribution in [3.05, 3.63) is 0 Å². The molecule has 3 heteroatoms. The molecule has 0 spiro atoms. The molecule has 1 aliphatic carbocycles. The van der Waals surface area contributed by atoms with Gasteiger partial charge in [-0.15, -0.1) is 0 Å². The van der Waals surface area contributed by atoms with Gasteiger partial charge in [0.25, 0.3) is 0 Å². The summed E-state index contributed by atoms with van der Waals surface area (Å²) in [6.45, 7) is 3.61. The van der Waals surface area contributed by atoms with E-state index in [4.69, 9.17) is 0 Å². The van der Waals surface area contributed by atoms with Crippen molar-refractivity contribution in [1.29, 1.82) is 0 Å². The van der Waals surface area contributed by atoms with Crippen LogP contribution in [0.15, 0.2) is 0 Å². The lowest BCUT2D eigenvalue weighted by atomic mass is 9.50. The number of hydrogen-bond donors (Lipinski definition) is 0. The van der Waals surface area contributed by atoms with E-state index in [0.717, 1.165) is 7.28 Å². The van der Waals surface area contributed by atoms with Gasteiger partial charge < -0.3 is 0 Å². The Balaban J connectivity index is 2.41. The first-order valence-corrected chi connectivity index (χ1v) is 3.45. The van der Waals surface area contributed by atoms with E-state index in [1.807, 2.05) is 6.82 Å². The first kappa shape index (κ1) is 7.04. The van der Waals surface area contributed by atoms with E-state index in [-0.39, 0.29) is 18.2 Å². The summed E-state index contributed by atoms with van der Waals surface area (Å²) in [6, 6.07) is 0. The first-order valence-electron chi connectivity index (χ1n) is 3.45. The fraction of sp³-hybridized carbons (Fsp3) is 1.00. The van der Waals surface area contributed by atoms with Gasteiger partial charge in [0.15, 0.2) is 0 Å². The maximum Gasteiger partial charge on any atom is 0.249 e. The molecular formula is C6H11BF2. The zero-order valence-corrected chi connectivity index (χ0v) is 5.82. The van der Waals surface area contributed by atoms with Gasteiger partial charge in [-0.25, -0.2) is 8.78 Å². The Morgan fingerprint density at radius 3 is 2.22 bits per heavy atom. The normalized spacial score (nSPS) is 39.6. The van der Waals surface area contributed by atoms with Gasteiger partial charge in [-0.3, -0.25) is 0 Å². The minimum absolute atomic E-state index is 0.116. The lowest BCUT2D eigenvalue weighted by Crippen LogP contribution is -2.43. The molecule has 0 aromatic carbocycles. The molecule has 2 atom stereocenters. The van der Waals surface area contributed by atoms with Crippen LogP contribution in [0.5, 0.6) is 0 Å². The summed E-state index contributed by atoms with van der Waals surface area (Å²) in [5, 5.41) is 0. The molecule has 0 radical (unpaired) electrons. The van der Waals surface area contributed by atoms with E-state index < -0.39 is 5.92 Å². The number of alkyl halides is 2. The fourth-order valence-corrected chi connectivity index (χ4v) is 1.39. The van der Waals surface area contributed by atoms with Crippen LogP contribution in [0.25, 0.3) is 0 Å². The van der Waals surface area contributed by atoms with Crippen molar-refractivity contribution < 1.29 is 8.78 Å². The predicted octanol–water partition coefficient (Wildman–Crippen LogP) is 1.93. The van der Waals surface area contributed by atoms with Crippen LogP contribution < -0.4 is 0 Å². The predicted molar refractivity (Wildman–Crippen MR) is 35.5 cm³/mol. The van der Waals surface area contributed by atoms with E-state index in [9.17, 15) is 8.78 Å². The molecule has 0 bridgehead atoms. The molecule has 52 valence electrons. The molecule has 1 saturated carbocycles. The van der Waals surface area contributed by atoms with Crippen molar-refractivity contribution in [3.63, 3.8) is 0 Å². The van der Waals surface area contributed by atoms with Crippen molar-refractivity contribution in [1.82, 2.24) is 0 Å². The van der Waals surface area contributed by atoms with Crippen LogP contribution in [-0.2, 0) is 0 Å². The second-order valence-electron chi connectivity index (χ2n) is 2.92. The average Bonchev–Trinajstić information content (AvgIpc) is 1.82. The van der Waals surface area contributed by atoms with Gasteiger partial charge in [-0.2, -0.15) is 0 Å². The lowest BCUT2D eigenvalue weighted by Gasteiger charge is -2.41. The van der Waals surface area contributed by atoms with Gasteiger partial charge in [0.1, 0.15) is 7.28 Å². The molecular weight excluding hydrogens is 121 g/mol. The molecule has 0 saturated heterocycles. The summed E-state index contributed by atoms with van der Waals surface area (Å²) in [5.41, 5.74) is 0. The van der Waals surface area contributed by atoms with Gasteiger partial charge in [-0.1, -0.05) is 19.6 Å². The third-order valence-electron chi connectivity index (χ3n) is 2.43. The third-order valence-corrected chi connectivity index (χ3v) is 2.43. The van der Waals surface area contributed by atoms with E-state index in [1.54, 1.807) is 6.92 Å². The van der Waals surface area contributed by atoms with Crippen LogP contribution >= 0.6 is 0 Å². The maximum absolute atomic E-state index is 12.4. The fourth-order valence-electron chi connectivity index (χ4n) is 1.39. The van der Waals surface area contributed by atoms with Crippen molar-refractivity contribution in [2.45, 2.75) is 31.9 Å². The Hall–Kier alpha value is -0.0751. The topological polar surface area (TPSA) is 0 Å². The second kappa shape index (κ2) is 1.96. The monoisotopic (exact) mass is 132 g/mol. The van der Waals surface area contributed by atoms with Crippen molar-refractivity contribution in [2.75, 3.05) is 0 Å². The zero-order valence-electron chi connectivity index (χ0n) is 5.82. The molecule has 2 unspecified atom stereocenters. The molecule has 9 heavy (non-hydrogen) atoms. The summed E-state index contributed by atoms with van der Waals surface area (Å²) >= 11 is 0. The summed E-state index contributed by atoms with van der Waals surface area (Å²) in [5.74, 6) is -2.44. The van der Waals surface area contributed by atoms with Gasteiger partial charge in [0.05, 0.1) is 0 Å². The highest BCUT2D eigenvalue weighted by Gasteiger charge is 2.51. The molecule has 1 aliphatic rings. The molecule has 0 N–H and O–H groups in total. The van der Waals surface area contributed by atoms with Gasteiger partial charge in [0, 0.05) is 12.3 Å². The molecule has 0 heterocycles. The maximum atomic E-state index is 12.4. The zero-order chi connectivity index (χ0) is 7.07. The van der Waals surface area contributed by atoms with Gasteiger partial charge >= 0.3 is 0 Å². The Morgan fingerprint density at radius 1 is 1.56 bits per heavy atom. The standard InChI is InChI=1S/C6H11BF2/c1-4-5(7-2)3-6(4,8)9/h4-5,7H,3H2,1-2H3. The van der Waals surface area contributed by atoms with Crippen molar-refractivity contribution >= 4 is 7.28 Å². The highest BCUT2D eigenvalue weighted by Crippen LogP contribution is 2.51. The van der Waals surface area contributed by atoms with E-state index in [2.05, 4.69) is 0 Å². The van der Waals surface area contributed by atoms with Crippen molar-refractivity contribution in [3.8, 4) is 0 Å². The third kappa shape index (κ3) is 0.971. The summed E-state index contributed by atoms with van der Waals surface area (Å²) in [6.07, 6.45) is 0.116. The highest BCUT2D eigenvalue weighted by molar-refractivity contribution is 6.36. The smallest absolute Gasteiger partial charge is 0.207 e. The van der Waals surface area contributed by atoms with Crippen LogP contribution in [0, 0.1) is 5.92 Å². The molecule has 0 aromatic heterocycles. The minimum Gasteiger partial charge on any atom is -0.207 e. The average molecular weight is 132 g/mol. The molecule has 1 rings (SSSR count). The summed E-state index contributed by atoms with van der Waals surface area (Å²) < 4.78 is 24.7. The van der Waals surface area contributed by atoms with Crippen LogP contribution in [0.1, 0.15) is 13.3 Å². The second-order valence-corrected chi connectivity index (χ2v) is 2.92. The van der Waals surface area contributed by atoms with E-state index >= 15 is 0 Å².